The van der Waals surface area contributed by atoms with Gasteiger partial charge in [0, 0.05) is 26.2 Å². The van der Waals surface area contributed by atoms with Crippen molar-refractivity contribution < 1.29 is 0 Å². The zero-order chi connectivity index (χ0) is 21.9. The smallest absolute Gasteiger partial charge is 0.0107 e. The summed E-state index contributed by atoms with van der Waals surface area (Å²) in [5.74, 6) is 1.71. The summed E-state index contributed by atoms with van der Waals surface area (Å²) in [6.45, 7) is 21.8. The van der Waals surface area contributed by atoms with Crippen LogP contribution in [0.15, 0.2) is 0 Å². The van der Waals surface area contributed by atoms with Crippen molar-refractivity contribution in [2.45, 2.75) is 91.9 Å². The summed E-state index contributed by atoms with van der Waals surface area (Å²) >= 11 is 0. The molecule has 0 radical (unpaired) electrons. The van der Waals surface area contributed by atoms with Crippen LogP contribution in [0.2, 0.25) is 0 Å². The molecule has 4 nitrogen and oxygen atoms in total. The Kier molecular flexibility index (Phi) is 18.1. The maximum absolute atomic E-state index is 3.55. The van der Waals surface area contributed by atoms with Gasteiger partial charge in [-0.05, 0) is 102 Å². The highest BCUT2D eigenvalue weighted by molar-refractivity contribution is 4.66. The SMILES string of the molecule is CC(C)CCCNCCN1CCCCC1.CC(C)CCCNCCN1CCCCC1. The molecule has 4 heteroatoms. The Morgan fingerprint density at radius 1 is 0.533 bits per heavy atom. The first kappa shape index (κ1) is 27.9. The van der Waals surface area contributed by atoms with Gasteiger partial charge in [-0.25, -0.2) is 0 Å². The van der Waals surface area contributed by atoms with E-state index in [0.717, 1.165) is 11.8 Å². The van der Waals surface area contributed by atoms with Crippen LogP contribution >= 0.6 is 0 Å². The molecule has 2 N–H and O–H groups in total. The first-order chi connectivity index (χ1) is 14.6. The van der Waals surface area contributed by atoms with Gasteiger partial charge in [0.1, 0.15) is 0 Å². The third-order valence-electron chi connectivity index (χ3n) is 6.38. The van der Waals surface area contributed by atoms with Gasteiger partial charge in [0.15, 0.2) is 0 Å². The van der Waals surface area contributed by atoms with E-state index in [4.69, 9.17) is 0 Å². The van der Waals surface area contributed by atoms with Crippen molar-refractivity contribution in [3.05, 3.63) is 0 Å². The van der Waals surface area contributed by atoms with Gasteiger partial charge in [0.2, 0.25) is 0 Å². The maximum Gasteiger partial charge on any atom is 0.0107 e. The molecule has 0 aromatic carbocycles. The van der Waals surface area contributed by atoms with Crippen molar-refractivity contribution in [2.24, 2.45) is 11.8 Å². The van der Waals surface area contributed by atoms with Crippen LogP contribution in [-0.2, 0) is 0 Å². The number of nitrogens with one attached hydrogen (secondary N) is 2. The highest BCUT2D eigenvalue weighted by Crippen LogP contribution is 2.08. The molecule has 2 aliphatic heterocycles. The van der Waals surface area contributed by atoms with Gasteiger partial charge in [0.05, 0.1) is 0 Å². The second-order valence-corrected chi connectivity index (χ2v) is 10.4. The lowest BCUT2D eigenvalue weighted by molar-refractivity contribution is 0.229. The highest BCUT2D eigenvalue weighted by atomic mass is 15.1. The number of hydrogen-bond acceptors (Lipinski definition) is 4. The van der Waals surface area contributed by atoms with Crippen LogP contribution in [-0.4, -0.2) is 75.2 Å². The van der Waals surface area contributed by atoms with Crippen molar-refractivity contribution in [3.63, 3.8) is 0 Å². The molecule has 0 saturated carbocycles. The summed E-state index contributed by atoms with van der Waals surface area (Å²) in [6.07, 6.45) is 13.9. The fraction of sp³-hybridized carbons (Fsp3) is 1.00. The van der Waals surface area contributed by atoms with Crippen molar-refractivity contribution in [1.82, 2.24) is 20.4 Å². The van der Waals surface area contributed by atoms with Gasteiger partial charge in [-0.15, -0.1) is 0 Å². The fourth-order valence-corrected chi connectivity index (χ4v) is 4.36. The second kappa shape index (κ2) is 19.5. The van der Waals surface area contributed by atoms with Gasteiger partial charge in [-0.1, -0.05) is 40.5 Å². The van der Waals surface area contributed by atoms with Crippen LogP contribution in [0.1, 0.15) is 91.9 Å². The van der Waals surface area contributed by atoms with E-state index in [0.29, 0.717) is 0 Å². The molecule has 2 rings (SSSR count). The maximum atomic E-state index is 3.55. The molecule has 2 fully saturated rings. The van der Waals surface area contributed by atoms with Gasteiger partial charge in [0.25, 0.3) is 0 Å². The van der Waals surface area contributed by atoms with Crippen molar-refractivity contribution in [1.29, 1.82) is 0 Å². The molecule has 2 saturated heterocycles. The average Bonchev–Trinajstić information content (AvgIpc) is 2.75. The minimum Gasteiger partial charge on any atom is -0.315 e. The van der Waals surface area contributed by atoms with E-state index in [1.807, 2.05) is 0 Å². The predicted octanol–water partition coefficient (Wildman–Crippen LogP) is 5.00. The van der Waals surface area contributed by atoms with Crippen LogP contribution in [0.5, 0.6) is 0 Å². The lowest BCUT2D eigenvalue weighted by atomic mass is 10.1. The zero-order valence-corrected chi connectivity index (χ0v) is 21.2. The van der Waals surface area contributed by atoms with Crippen LogP contribution in [0, 0.1) is 11.8 Å². The molecule has 0 aromatic heterocycles. The Morgan fingerprint density at radius 2 is 0.900 bits per heavy atom. The van der Waals surface area contributed by atoms with Crippen LogP contribution < -0.4 is 10.6 Å². The zero-order valence-electron chi connectivity index (χ0n) is 21.2. The van der Waals surface area contributed by atoms with Crippen LogP contribution in [0.25, 0.3) is 0 Å². The standard InChI is InChI=1S/2C13H28N2/c2*1-13(2)7-6-8-14-9-12-15-10-4-3-5-11-15/h2*13-14H,3-12H2,1-2H3. The molecule has 0 aromatic rings. The summed E-state index contributed by atoms with van der Waals surface area (Å²) in [5, 5.41) is 7.09. The predicted molar refractivity (Wildman–Crippen MR) is 134 cm³/mol. The molecule has 30 heavy (non-hydrogen) atoms. The average molecular weight is 425 g/mol. The molecule has 0 bridgehead atoms. The lowest BCUT2D eigenvalue weighted by Crippen LogP contribution is -2.36. The first-order valence-corrected chi connectivity index (χ1v) is 13.4. The van der Waals surface area contributed by atoms with E-state index in [1.54, 1.807) is 0 Å². The van der Waals surface area contributed by atoms with E-state index in [2.05, 4.69) is 48.1 Å². The van der Waals surface area contributed by atoms with Crippen LogP contribution in [0.3, 0.4) is 0 Å². The minimum absolute atomic E-state index is 0.855. The van der Waals surface area contributed by atoms with E-state index in [9.17, 15) is 0 Å². The molecular weight excluding hydrogens is 368 g/mol. The number of hydrogen-bond donors (Lipinski definition) is 2. The third kappa shape index (κ3) is 17.5. The number of nitrogens with zero attached hydrogens (tertiary/aromatic N) is 2. The molecule has 2 heterocycles. The number of piperidine rings is 2. The molecule has 0 unspecified atom stereocenters. The summed E-state index contributed by atoms with van der Waals surface area (Å²) < 4.78 is 0. The quantitative estimate of drug-likeness (QED) is 0.384. The lowest BCUT2D eigenvalue weighted by Gasteiger charge is -2.26. The Morgan fingerprint density at radius 3 is 1.23 bits per heavy atom. The van der Waals surface area contributed by atoms with E-state index in [-0.39, 0.29) is 0 Å². The van der Waals surface area contributed by atoms with E-state index < -0.39 is 0 Å². The normalized spacial score (nSPS) is 18.6. The molecule has 0 amide bonds. The third-order valence-corrected chi connectivity index (χ3v) is 6.38. The summed E-state index contributed by atoms with van der Waals surface area (Å²) in [7, 11) is 0. The van der Waals surface area contributed by atoms with Crippen LogP contribution in [0.4, 0.5) is 0 Å². The Labute approximate surface area is 189 Å². The number of likely N-dealkylation sites (tertiary alicyclic amines) is 2. The van der Waals surface area contributed by atoms with Crippen molar-refractivity contribution >= 4 is 0 Å². The second-order valence-electron chi connectivity index (χ2n) is 10.4. The molecule has 180 valence electrons. The van der Waals surface area contributed by atoms with E-state index in [1.165, 1.54) is 130 Å². The molecule has 2 aliphatic rings. The molecule has 0 atom stereocenters. The van der Waals surface area contributed by atoms with Gasteiger partial charge in [-0.2, -0.15) is 0 Å². The topological polar surface area (TPSA) is 30.5 Å². The first-order valence-electron chi connectivity index (χ1n) is 13.4. The summed E-state index contributed by atoms with van der Waals surface area (Å²) in [4.78, 5) is 5.19. The monoisotopic (exact) mass is 424 g/mol. The fourth-order valence-electron chi connectivity index (χ4n) is 4.36. The summed E-state index contributed by atoms with van der Waals surface area (Å²) in [5.41, 5.74) is 0. The van der Waals surface area contributed by atoms with E-state index >= 15 is 0 Å². The summed E-state index contributed by atoms with van der Waals surface area (Å²) in [6, 6.07) is 0. The Bertz CT molecular complexity index is 313. The van der Waals surface area contributed by atoms with Gasteiger partial charge >= 0.3 is 0 Å². The van der Waals surface area contributed by atoms with Crippen molar-refractivity contribution in [3.8, 4) is 0 Å². The van der Waals surface area contributed by atoms with Gasteiger partial charge in [-0.3, -0.25) is 0 Å². The van der Waals surface area contributed by atoms with Crippen molar-refractivity contribution in [2.75, 3.05) is 65.4 Å². The minimum atomic E-state index is 0.855. The Balaban J connectivity index is 0.000000300. The Hall–Kier alpha value is -0.160. The molecule has 0 aliphatic carbocycles. The highest BCUT2D eigenvalue weighted by Gasteiger charge is 2.09. The largest absolute Gasteiger partial charge is 0.315 e. The molecular formula is C26H56N4. The van der Waals surface area contributed by atoms with Gasteiger partial charge < -0.3 is 20.4 Å². The molecule has 0 spiro atoms. The number of rotatable bonds is 14.